The highest BCUT2D eigenvalue weighted by molar-refractivity contribution is 5.72. The predicted molar refractivity (Wildman–Crippen MR) is 65.6 cm³/mol. The molecule has 0 saturated heterocycles. The number of halogens is 1. The van der Waals surface area contributed by atoms with Gasteiger partial charge in [0.25, 0.3) is 0 Å². The van der Waals surface area contributed by atoms with E-state index in [0.717, 1.165) is 6.07 Å². The number of phenolic OH excluding ortho intramolecular Hbond substituents is 1. The summed E-state index contributed by atoms with van der Waals surface area (Å²) < 4.78 is 18.1. The van der Waals surface area contributed by atoms with Gasteiger partial charge in [0.05, 0.1) is 6.54 Å². The molecule has 5 heteroatoms. The minimum absolute atomic E-state index is 0.0363. The number of benzene rings is 1. The molecule has 1 aromatic carbocycles. The Balaban J connectivity index is 2.40. The number of nitrogens with one attached hydrogen (secondary N) is 1. The molecule has 18 heavy (non-hydrogen) atoms. The monoisotopic (exact) mass is 255 g/mol. The number of hydrogen-bond donors (Lipinski definition) is 2. The van der Waals surface area contributed by atoms with E-state index in [0.29, 0.717) is 5.56 Å². The summed E-state index contributed by atoms with van der Waals surface area (Å²) in [6.45, 7) is 5.68. The number of ether oxygens (including phenoxy) is 1. The van der Waals surface area contributed by atoms with E-state index in [1.54, 1.807) is 20.8 Å². The third kappa shape index (κ3) is 5.63. The van der Waals surface area contributed by atoms with Crippen molar-refractivity contribution in [3.05, 3.63) is 29.6 Å². The molecule has 1 rings (SSSR count). The first-order chi connectivity index (χ1) is 8.26. The Morgan fingerprint density at radius 2 is 2.06 bits per heavy atom. The Morgan fingerprint density at radius 1 is 1.39 bits per heavy atom. The van der Waals surface area contributed by atoms with Gasteiger partial charge in [-0.05, 0) is 38.5 Å². The van der Waals surface area contributed by atoms with Crippen molar-refractivity contribution in [1.82, 2.24) is 5.32 Å². The molecule has 0 aliphatic carbocycles. The fourth-order valence-corrected chi connectivity index (χ4v) is 1.42. The van der Waals surface area contributed by atoms with E-state index in [1.165, 1.54) is 12.1 Å². The van der Waals surface area contributed by atoms with Crippen LogP contribution in [0.15, 0.2) is 18.2 Å². The van der Waals surface area contributed by atoms with Gasteiger partial charge in [-0.25, -0.2) is 4.39 Å². The number of hydrogen-bond acceptors (Lipinski definition) is 4. The van der Waals surface area contributed by atoms with Crippen molar-refractivity contribution in [3.8, 4) is 5.75 Å². The summed E-state index contributed by atoms with van der Waals surface area (Å²) >= 11 is 0. The quantitative estimate of drug-likeness (QED) is 0.807. The number of carbonyl (C=O) groups is 1. The summed E-state index contributed by atoms with van der Waals surface area (Å²) in [7, 11) is 0. The molecule has 4 nitrogen and oxygen atoms in total. The zero-order valence-electron chi connectivity index (χ0n) is 10.8. The molecule has 1 aromatic rings. The molecule has 0 fully saturated rings. The van der Waals surface area contributed by atoms with Crippen LogP contribution in [0, 0.1) is 5.82 Å². The van der Waals surface area contributed by atoms with E-state index >= 15 is 0 Å². The zero-order valence-corrected chi connectivity index (χ0v) is 10.8. The van der Waals surface area contributed by atoms with Gasteiger partial charge in [-0.2, -0.15) is 0 Å². The fourth-order valence-electron chi connectivity index (χ4n) is 1.42. The van der Waals surface area contributed by atoms with Crippen molar-refractivity contribution in [2.24, 2.45) is 0 Å². The number of esters is 1. The minimum Gasteiger partial charge on any atom is -0.508 e. The number of phenols is 1. The molecular weight excluding hydrogens is 237 g/mol. The molecule has 0 aliphatic heterocycles. The van der Waals surface area contributed by atoms with Gasteiger partial charge < -0.3 is 15.2 Å². The van der Waals surface area contributed by atoms with Gasteiger partial charge in [0.2, 0.25) is 0 Å². The maximum atomic E-state index is 13.0. The first kappa shape index (κ1) is 14.4. The molecule has 0 spiro atoms. The second-order valence-corrected chi connectivity index (χ2v) is 5.01. The van der Waals surface area contributed by atoms with Gasteiger partial charge in [-0.1, -0.05) is 0 Å². The van der Waals surface area contributed by atoms with Crippen LogP contribution >= 0.6 is 0 Å². The average molecular weight is 255 g/mol. The van der Waals surface area contributed by atoms with Crippen LogP contribution in [0.2, 0.25) is 0 Å². The Morgan fingerprint density at radius 3 is 2.61 bits per heavy atom. The topological polar surface area (TPSA) is 58.6 Å². The maximum absolute atomic E-state index is 13.0. The van der Waals surface area contributed by atoms with Gasteiger partial charge >= 0.3 is 5.97 Å². The summed E-state index contributed by atoms with van der Waals surface area (Å²) in [4.78, 5) is 11.4. The Hall–Kier alpha value is -1.62. The summed E-state index contributed by atoms with van der Waals surface area (Å²) in [6, 6.07) is 3.75. The highest BCUT2D eigenvalue weighted by Crippen LogP contribution is 2.14. The van der Waals surface area contributed by atoms with Crippen LogP contribution in [0.25, 0.3) is 0 Å². The lowest BCUT2D eigenvalue weighted by Gasteiger charge is -2.19. The molecular formula is C13H18FNO3. The standard InChI is InChI=1S/C13H18FNO3/c1-13(2,3)18-12(17)8-15-7-9-4-10(14)6-11(16)5-9/h4-6,15-16H,7-8H2,1-3H3. The fraction of sp³-hybridized carbons (Fsp3) is 0.462. The van der Waals surface area contributed by atoms with Crippen LogP contribution in [0.5, 0.6) is 5.75 Å². The van der Waals surface area contributed by atoms with Crippen molar-refractivity contribution in [2.75, 3.05) is 6.54 Å². The lowest BCUT2D eigenvalue weighted by molar-refractivity contribution is -0.153. The molecule has 0 unspecified atom stereocenters. The van der Waals surface area contributed by atoms with Gasteiger partial charge in [0, 0.05) is 12.6 Å². The zero-order chi connectivity index (χ0) is 13.8. The molecule has 0 amide bonds. The van der Waals surface area contributed by atoms with Crippen molar-refractivity contribution >= 4 is 5.97 Å². The van der Waals surface area contributed by atoms with E-state index < -0.39 is 11.4 Å². The SMILES string of the molecule is CC(C)(C)OC(=O)CNCc1cc(O)cc(F)c1. The number of carbonyl (C=O) groups excluding carboxylic acids is 1. The van der Waals surface area contributed by atoms with Gasteiger partial charge in [-0.15, -0.1) is 0 Å². The molecule has 0 heterocycles. The van der Waals surface area contributed by atoms with Crippen LogP contribution in [0.4, 0.5) is 4.39 Å². The first-order valence-electron chi connectivity index (χ1n) is 5.67. The molecule has 0 saturated carbocycles. The van der Waals surface area contributed by atoms with E-state index in [9.17, 15) is 14.3 Å². The molecule has 0 radical (unpaired) electrons. The minimum atomic E-state index is -0.518. The molecule has 0 aromatic heterocycles. The second-order valence-electron chi connectivity index (χ2n) is 5.01. The van der Waals surface area contributed by atoms with Crippen molar-refractivity contribution in [2.45, 2.75) is 32.9 Å². The molecule has 2 N–H and O–H groups in total. The van der Waals surface area contributed by atoms with E-state index in [1.807, 2.05) is 0 Å². The van der Waals surface area contributed by atoms with Crippen LogP contribution in [0.3, 0.4) is 0 Å². The lowest BCUT2D eigenvalue weighted by Crippen LogP contribution is -2.31. The van der Waals surface area contributed by atoms with Crippen molar-refractivity contribution < 1.29 is 19.0 Å². The van der Waals surface area contributed by atoms with Crippen LogP contribution in [0.1, 0.15) is 26.3 Å². The van der Waals surface area contributed by atoms with Gasteiger partial charge in [0.15, 0.2) is 0 Å². The lowest BCUT2D eigenvalue weighted by atomic mass is 10.2. The molecule has 0 aliphatic rings. The largest absolute Gasteiger partial charge is 0.508 e. The van der Waals surface area contributed by atoms with E-state index in [-0.39, 0.29) is 24.8 Å². The third-order valence-electron chi connectivity index (χ3n) is 1.96. The Labute approximate surface area is 106 Å². The second kappa shape index (κ2) is 5.82. The van der Waals surface area contributed by atoms with E-state index in [4.69, 9.17) is 4.74 Å². The van der Waals surface area contributed by atoms with Crippen LogP contribution < -0.4 is 5.32 Å². The van der Waals surface area contributed by atoms with Crippen molar-refractivity contribution in [1.29, 1.82) is 0 Å². The maximum Gasteiger partial charge on any atom is 0.320 e. The van der Waals surface area contributed by atoms with Crippen molar-refractivity contribution in [3.63, 3.8) is 0 Å². The molecule has 0 bridgehead atoms. The summed E-state index contributed by atoms with van der Waals surface area (Å²) in [6.07, 6.45) is 0. The average Bonchev–Trinajstić information content (AvgIpc) is 2.12. The summed E-state index contributed by atoms with van der Waals surface area (Å²) in [5.74, 6) is -1.02. The smallest absolute Gasteiger partial charge is 0.320 e. The Bertz CT molecular complexity index is 406. The predicted octanol–water partition coefficient (Wildman–Crippen LogP) is 1.96. The van der Waals surface area contributed by atoms with E-state index in [2.05, 4.69) is 5.32 Å². The number of aromatic hydroxyl groups is 1. The molecule has 100 valence electrons. The highest BCUT2D eigenvalue weighted by atomic mass is 19.1. The summed E-state index contributed by atoms with van der Waals surface area (Å²) in [5.41, 5.74) is 0.0478. The van der Waals surface area contributed by atoms with Crippen LogP contribution in [-0.4, -0.2) is 23.2 Å². The van der Waals surface area contributed by atoms with Gasteiger partial charge in [-0.3, -0.25) is 4.79 Å². The Kier molecular flexibility index (Phi) is 4.67. The third-order valence-corrected chi connectivity index (χ3v) is 1.96. The highest BCUT2D eigenvalue weighted by Gasteiger charge is 2.15. The summed E-state index contributed by atoms with van der Waals surface area (Å²) in [5, 5.41) is 12.0. The van der Waals surface area contributed by atoms with Gasteiger partial charge in [0.1, 0.15) is 17.2 Å². The molecule has 0 atom stereocenters. The first-order valence-corrected chi connectivity index (χ1v) is 5.67. The normalized spacial score (nSPS) is 11.3. The number of rotatable bonds is 4. The van der Waals surface area contributed by atoms with Crippen LogP contribution in [-0.2, 0) is 16.1 Å².